The molecule has 6 heteroatoms. The third kappa shape index (κ3) is 3.81. The molecule has 104 valence electrons. The zero-order valence-electron chi connectivity index (χ0n) is 11.0. The van der Waals surface area contributed by atoms with Crippen molar-refractivity contribution in [2.45, 2.75) is 13.3 Å². The number of aromatic nitrogens is 1. The van der Waals surface area contributed by atoms with Crippen molar-refractivity contribution in [3.05, 3.63) is 22.8 Å². The Labute approximate surface area is 117 Å². The maximum Gasteiger partial charge on any atom is 0.254 e. The lowest BCUT2D eigenvalue weighted by molar-refractivity contribution is 0.0303. The van der Waals surface area contributed by atoms with Gasteiger partial charge in [0.2, 0.25) is 0 Å². The van der Waals surface area contributed by atoms with Crippen molar-refractivity contribution in [1.29, 1.82) is 0 Å². The normalized spacial score (nSPS) is 15.4. The minimum atomic E-state index is -0.0212. The van der Waals surface area contributed by atoms with Gasteiger partial charge in [0.05, 0.1) is 13.2 Å². The van der Waals surface area contributed by atoms with Crippen LogP contribution in [0.1, 0.15) is 23.7 Å². The SMILES string of the molecule is CCCNc1cc(C(=O)N2CCOCC2)cc(Cl)n1. The van der Waals surface area contributed by atoms with E-state index in [1.165, 1.54) is 0 Å². The van der Waals surface area contributed by atoms with Gasteiger partial charge in [-0.3, -0.25) is 4.79 Å². The average molecular weight is 284 g/mol. The van der Waals surface area contributed by atoms with Crippen molar-refractivity contribution in [2.24, 2.45) is 0 Å². The summed E-state index contributed by atoms with van der Waals surface area (Å²) in [5, 5.41) is 3.47. The Kier molecular flexibility index (Phi) is 4.99. The number of hydrogen-bond acceptors (Lipinski definition) is 4. The van der Waals surface area contributed by atoms with Crippen molar-refractivity contribution in [1.82, 2.24) is 9.88 Å². The molecular weight excluding hydrogens is 266 g/mol. The van der Waals surface area contributed by atoms with Gasteiger partial charge in [-0.05, 0) is 18.6 Å². The molecule has 0 radical (unpaired) electrons. The van der Waals surface area contributed by atoms with Crippen LogP contribution in [-0.4, -0.2) is 48.6 Å². The minimum absolute atomic E-state index is 0.0212. The van der Waals surface area contributed by atoms with Crippen molar-refractivity contribution >= 4 is 23.3 Å². The highest BCUT2D eigenvalue weighted by atomic mass is 35.5. The molecule has 19 heavy (non-hydrogen) atoms. The Hall–Kier alpha value is -1.33. The van der Waals surface area contributed by atoms with E-state index in [1.807, 2.05) is 0 Å². The second-order valence-corrected chi connectivity index (χ2v) is 4.78. The number of rotatable bonds is 4. The summed E-state index contributed by atoms with van der Waals surface area (Å²) in [4.78, 5) is 18.3. The third-order valence-corrected chi connectivity index (χ3v) is 3.09. The number of hydrogen-bond donors (Lipinski definition) is 1. The number of halogens is 1. The summed E-state index contributed by atoms with van der Waals surface area (Å²) in [5.41, 5.74) is 0.570. The lowest BCUT2D eigenvalue weighted by Crippen LogP contribution is -2.40. The molecule has 0 saturated carbocycles. The number of morpholine rings is 1. The van der Waals surface area contributed by atoms with Gasteiger partial charge >= 0.3 is 0 Å². The first-order chi connectivity index (χ1) is 9.20. The van der Waals surface area contributed by atoms with Gasteiger partial charge in [0, 0.05) is 25.2 Å². The number of pyridine rings is 1. The van der Waals surface area contributed by atoms with Crippen LogP contribution in [0.15, 0.2) is 12.1 Å². The molecule has 1 amide bonds. The molecule has 0 bridgehead atoms. The zero-order valence-corrected chi connectivity index (χ0v) is 11.7. The van der Waals surface area contributed by atoms with Crippen molar-refractivity contribution < 1.29 is 9.53 Å². The number of carbonyl (C=O) groups is 1. The summed E-state index contributed by atoms with van der Waals surface area (Å²) in [5.74, 6) is 0.623. The van der Waals surface area contributed by atoms with Gasteiger partial charge in [0.15, 0.2) is 0 Å². The Bertz CT molecular complexity index is 448. The zero-order chi connectivity index (χ0) is 13.7. The van der Waals surface area contributed by atoms with Crippen LogP contribution in [0.3, 0.4) is 0 Å². The van der Waals surface area contributed by atoms with E-state index in [-0.39, 0.29) is 5.91 Å². The molecule has 1 saturated heterocycles. The van der Waals surface area contributed by atoms with Crippen molar-refractivity contribution in [2.75, 3.05) is 38.2 Å². The molecule has 1 fully saturated rings. The fraction of sp³-hybridized carbons (Fsp3) is 0.538. The molecule has 1 aliphatic heterocycles. The van der Waals surface area contributed by atoms with Crippen LogP contribution in [-0.2, 0) is 4.74 Å². The predicted octanol–water partition coefficient (Wildman–Crippen LogP) is 2.03. The molecule has 0 spiro atoms. The molecule has 1 N–H and O–H groups in total. The number of amides is 1. The first-order valence-electron chi connectivity index (χ1n) is 6.49. The first-order valence-corrected chi connectivity index (χ1v) is 6.87. The summed E-state index contributed by atoms with van der Waals surface area (Å²) in [6, 6.07) is 3.36. The van der Waals surface area contributed by atoms with Gasteiger partial charge < -0.3 is 15.0 Å². The minimum Gasteiger partial charge on any atom is -0.378 e. The van der Waals surface area contributed by atoms with E-state index in [9.17, 15) is 4.79 Å². The van der Waals surface area contributed by atoms with E-state index in [4.69, 9.17) is 16.3 Å². The van der Waals surface area contributed by atoms with Crippen molar-refractivity contribution in [3.63, 3.8) is 0 Å². The molecule has 2 heterocycles. The Morgan fingerprint density at radius 3 is 2.89 bits per heavy atom. The standard InChI is InChI=1S/C13H18ClN3O2/c1-2-3-15-12-9-10(8-11(14)16-12)13(18)17-4-6-19-7-5-17/h8-9H,2-7H2,1H3,(H,15,16). The predicted molar refractivity (Wildman–Crippen MR) is 74.8 cm³/mol. The lowest BCUT2D eigenvalue weighted by Gasteiger charge is -2.27. The fourth-order valence-electron chi connectivity index (χ4n) is 1.91. The summed E-state index contributed by atoms with van der Waals surface area (Å²) in [6.45, 7) is 5.29. The summed E-state index contributed by atoms with van der Waals surface area (Å²) >= 11 is 5.97. The highest BCUT2D eigenvalue weighted by Gasteiger charge is 2.19. The van der Waals surface area contributed by atoms with E-state index in [0.29, 0.717) is 42.8 Å². The highest BCUT2D eigenvalue weighted by molar-refractivity contribution is 6.29. The molecule has 1 aromatic rings. The van der Waals surface area contributed by atoms with Crippen LogP contribution >= 0.6 is 11.6 Å². The van der Waals surface area contributed by atoms with E-state index >= 15 is 0 Å². The molecule has 1 aliphatic rings. The van der Waals surface area contributed by atoms with Crippen LogP contribution in [0, 0.1) is 0 Å². The van der Waals surface area contributed by atoms with E-state index < -0.39 is 0 Å². The fourth-order valence-corrected chi connectivity index (χ4v) is 2.12. The monoisotopic (exact) mass is 283 g/mol. The highest BCUT2D eigenvalue weighted by Crippen LogP contribution is 2.17. The summed E-state index contributed by atoms with van der Waals surface area (Å²) < 4.78 is 5.24. The summed E-state index contributed by atoms with van der Waals surface area (Å²) in [7, 11) is 0. The maximum absolute atomic E-state index is 12.3. The van der Waals surface area contributed by atoms with Crippen LogP contribution in [0.5, 0.6) is 0 Å². The van der Waals surface area contributed by atoms with Crippen molar-refractivity contribution in [3.8, 4) is 0 Å². The van der Waals surface area contributed by atoms with E-state index in [1.54, 1.807) is 17.0 Å². The topological polar surface area (TPSA) is 54.5 Å². The van der Waals surface area contributed by atoms with Gasteiger partial charge in [-0.15, -0.1) is 0 Å². The maximum atomic E-state index is 12.3. The smallest absolute Gasteiger partial charge is 0.254 e. The average Bonchev–Trinajstić information content (AvgIpc) is 2.44. The molecular formula is C13H18ClN3O2. The molecule has 0 aliphatic carbocycles. The number of ether oxygens (including phenoxy) is 1. The number of nitrogens with one attached hydrogen (secondary N) is 1. The van der Waals surface area contributed by atoms with Crippen LogP contribution in [0.25, 0.3) is 0 Å². The quantitative estimate of drug-likeness (QED) is 0.859. The van der Waals surface area contributed by atoms with Gasteiger partial charge in [-0.25, -0.2) is 4.98 Å². The second-order valence-electron chi connectivity index (χ2n) is 4.40. The second kappa shape index (κ2) is 6.73. The lowest BCUT2D eigenvalue weighted by atomic mass is 10.2. The Morgan fingerprint density at radius 2 is 2.21 bits per heavy atom. The van der Waals surface area contributed by atoms with Crippen LogP contribution in [0.4, 0.5) is 5.82 Å². The first kappa shape index (κ1) is 14.1. The molecule has 0 atom stereocenters. The third-order valence-electron chi connectivity index (χ3n) is 2.90. The van der Waals surface area contributed by atoms with Gasteiger partial charge in [-0.2, -0.15) is 0 Å². The molecule has 5 nitrogen and oxygen atoms in total. The van der Waals surface area contributed by atoms with Crippen LogP contribution < -0.4 is 5.32 Å². The van der Waals surface area contributed by atoms with Gasteiger partial charge in [0.1, 0.15) is 11.0 Å². The number of nitrogens with zero attached hydrogens (tertiary/aromatic N) is 2. The molecule has 2 rings (SSSR count). The van der Waals surface area contributed by atoms with E-state index in [2.05, 4.69) is 17.2 Å². The largest absolute Gasteiger partial charge is 0.378 e. The Balaban J connectivity index is 2.13. The molecule has 0 aromatic carbocycles. The molecule has 0 unspecified atom stereocenters. The number of carbonyl (C=O) groups excluding carboxylic acids is 1. The van der Waals surface area contributed by atoms with Gasteiger partial charge in [0.25, 0.3) is 5.91 Å². The molecule has 1 aromatic heterocycles. The van der Waals surface area contributed by atoms with Crippen LogP contribution in [0.2, 0.25) is 5.15 Å². The van der Waals surface area contributed by atoms with E-state index in [0.717, 1.165) is 13.0 Å². The number of anilines is 1. The Morgan fingerprint density at radius 1 is 1.47 bits per heavy atom. The van der Waals surface area contributed by atoms with Gasteiger partial charge in [-0.1, -0.05) is 18.5 Å². The summed E-state index contributed by atoms with van der Waals surface area (Å²) in [6.07, 6.45) is 0.987.